The van der Waals surface area contributed by atoms with Crippen molar-refractivity contribution in [2.75, 3.05) is 32.8 Å². The lowest BCUT2D eigenvalue weighted by Gasteiger charge is -2.30. The molecule has 0 bridgehead atoms. The lowest BCUT2D eigenvalue weighted by Crippen LogP contribution is -2.61. The fourth-order valence-electron chi connectivity index (χ4n) is 7.60. The zero-order chi connectivity index (χ0) is 55.2. The standard InChI is InChI=1S/C48H83N17O9/c1-5-29(4)39(46(74)59-32(25-66)22-30-13-7-6-8-14-30)65-44(72)37(21-28(2)3)63-43(71)36(17-12-20-57-48(53)54)61-42(70)35(16-11-19-56-47(51)52)60-41(69)34(15-9-10-18-49)62-45(73)38(26-67)64-40(68)33(50)23-31-24-55-27-58-31/h6-8,13-14,24,27-29,32-39,66-67H,5,9-12,15-23,25-26,49-50H2,1-4H3,(H,55,58)(H,59,74)(H,60,69)(H,61,70)(H,62,73)(H,63,71)(H,64,68)(H,65,72)(H4,51,52,56)(H4,53,54,57)/t29-,32-,33-,34-,35-,36-,37-,38-,39-/m0/s1. The first kappa shape index (κ1) is 63.2. The van der Waals surface area contributed by atoms with Crippen LogP contribution in [0.2, 0.25) is 0 Å². The number of benzene rings is 1. The lowest BCUT2D eigenvalue weighted by molar-refractivity contribution is -0.136. The summed E-state index contributed by atoms with van der Waals surface area (Å²) in [5.41, 5.74) is 35.4. The van der Waals surface area contributed by atoms with Crippen LogP contribution in [0, 0.1) is 11.8 Å². The normalized spacial score (nSPS) is 14.8. The van der Waals surface area contributed by atoms with Crippen LogP contribution >= 0.6 is 0 Å². The van der Waals surface area contributed by atoms with Gasteiger partial charge >= 0.3 is 0 Å². The van der Waals surface area contributed by atoms with Crippen molar-refractivity contribution in [2.45, 2.75) is 147 Å². The topological polar surface area (TPSA) is 454 Å². The summed E-state index contributed by atoms with van der Waals surface area (Å²) in [6, 6.07) is -0.213. The Labute approximate surface area is 433 Å². The van der Waals surface area contributed by atoms with Crippen molar-refractivity contribution in [1.29, 1.82) is 0 Å². The number of nitrogens with one attached hydrogen (secondary N) is 8. The number of aliphatic imine (C=N–C) groups is 2. The van der Waals surface area contributed by atoms with E-state index >= 15 is 0 Å². The van der Waals surface area contributed by atoms with Crippen LogP contribution < -0.4 is 71.6 Å². The summed E-state index contributed by atoms with van der Waals surface area (Å²) in [5, 5.41) is 39.1. The van der Waals surface area contributed by atoms with Crippen LogP contribution in [-0.2, 0) is 46.4 Å². The fourth-order valence-corrected chi connectivity index (χ4v) is 7.60. The van der Waals surface area contributed by atoms with E-state index in [-0.39, 0.29) is 94.9 Å². The van der Waals surface area contributed by atoms with Gasteiger partial charge in [-0.2, -0.15) is 0 Å². The lowest BCUT2D eigenvalue weighted by atomic mass is 9.96. The van der Waals surface area contributed by atoms with Crippen LogP contribution in [0.1, 0.15) is 96.7 Å². The molecule has 1 aromatic heterocycles. The first-order valence-electron chi connectivity index (χ1n) is 25.1. The quantitative estimate of drug-likeness (QED) is 0.0177. The molecule has 26 heteroatoms. The van der Waals surface area contributed by atoms with Gasteiger partial charge in [-0.25, -0.2) is 4.98 Å². The van der Waals surface area contributed by atoms with Crippen LogP contribution in [0.4, 0.5) is 0 Å². The largest absolute Gasteiger partial charge is 0.394 e. The SMILES string of the molecule is CC[C@H](C)[C@H](NC(=O)[C@H](CC(C)C)NC(=O)[C@H](CCCN=C(N)N)NC(=O)[C@H](CCCN=C(N)N)NC(=O)[C@H](CCCCN)NC(=O)[C@H](CO)NC(=O)[C@@H](N)Cc1cnc[nH]1)C(=O)N[C@H](CO)Cc1ccccc1. The zero-order valence-electron chi connectivity index (χ0n) is 43.2. The van der Waals surface area contributed by atoms with Gasteiger partial charge in [0.05, 0.1) is 31.6 Å². The molecule has 1 heterocycles. The molecule has 0 saturated heterocycles. The highest BCUT2D eigenvalue weighted by molar-refractivity contribution is 5.97. The molecule has 22 N–H and O–H groups in total. The highest BCUT2D eigenvalue weighted by Crippen LogP contribution is 2.14. The third-order valence-electron chi connectivity index (χ3n) is 11.9. The first-order valence-corrected chi connectivity index (χ1v) is 25.1. The highest BCUT2D eigenvalue weighted by Gasteiger charge is 2.35. The molecule has 2 rings (SSSR count). The second-order valence-corrected chi connectivity index (χ2v) is 18.6. The fraction of sp³-hybridized carbons (Fsp3) is 0.625. The van der Waals surface area contributed by atoms with Gasteiger partial charge in [-0.1, -0.05) is 64.4 Å². The number of rotatable bonds is 36. The van der Waals surface area contributed by atoms with E-state index in [9.17, 15) is 43.8 Å². The number of imidazole rings is 1. The van der Waals surface area contributed by atoms with E-state index in [1.165, 1.54) is 12.5 Å². The van der Waals surface area contributed by atoms with Crippen molar-refractivity contribution in [3.8, 4) is 0 Å². The highest BCUT2D eigenvalue weighted by atomic mass is 16.3. The van der Waals surface area contributed by atoms with Gasteiger partial charge < -0.3 is 86.8 Å². The molecule has 0 radical (unpaired) electrons. The molecule has 7 amide bonds. The molecule has 0 aliphatic heterocycles. The first-order chi connectivity index (χ1) is 35.2. The minimum absolute atomic E-state index is 0.0346. The number of nitrogens with two attached hydrogens (primary N) is 6. The molecule has 9 atom stereocenters. The second kappa shape index (κ2) is 34.5. The van der Waals surface area contributed by atoms with Crippen molar-refractivity contribution in [3.63, 3.8) is 0 Å². The molecule has 0 fully saturated rings. The number of guanidine groups is 2. The van der Waals surface area contributed by atoms with Gasteiger partial charge in [0.2, 0.25) is 41.4 Å². The number of unbranched alkanes of at least 4 members (excludes halogenated alkanes) is 1. The predicted octanol–water partition coefficient (Wildman–Crippen LogP) is -3.77. The van der Waals surface area contributed by atoms with Crippen molar-refractivity contribution < 1.29 is 43.8 Å². The Hall–Kier alpha value is -6.90. The number of carbonyl (C=O) groups excluding carboxylic acids is 7. The molecule has 0 spiro atoms. The molecular weight excluding hydrogens is 959 g/mol. The number of carbonyl (C=O) groups is 7. The predicted molar refractivity (Wildman–Crippen MR) is 280 cm³/mol. The summed E-state index contributed by atoms with van der Waals surface area (Å²) in [6.07, 6.45) is 5.00. The van der Waals surface area contributed by atoms with Crippen LogP contribution in [0.25, 0.3) is 0 Å². The number of aromatic nitrogens is 2. The smallest absolute Gasteiger partial charge is 0.245 e. The molecule has 0 aliphatic carbocycles. The number of aliphatic hydroxyl groups excluding tert-OH is 2. The number of hydrogen-bond acceptors (Lipinski definition) is 14. The Balaban J connectivity index is 2.43. The Bertz CT molecular complexity index is 2090. The summed E-state index contributed by atoms with van der Waals surface area (Å²) < 4.78 is 0. The molecule has 1 aromatic carbocycles. The maximum atomic E-state index is 14.4. The van der Waals surface area contributed by atoms with E-state index in [1.807, 2.05) is 51.1 Å². The van der Waals surface area contributed by atoms with E-state index in [2.05, 4.69) is 57.2 Å². The Morgan fingerprint density at radius 1 is 0.622 bits per heavy atom. The summed E-state index contributed by atoms with van der Waals surface area (Å²) >= 11 is 0. The third-order valence-corrected chi connectivity index (χ3v) is 11.9. The van der Waals surface area contributed by atoms with Crippen molar-refractivity contribution >= 4 is 53.3 Å². The average molecular weight is 1040 g/mol. The van der Waals surface area contributed by atoms with Gasteiger partial charge in [0, 0.05) is 31.4 Å². The van der Waals surface area contributed by atoms with Crippen LogP contribution in [0.15, 0.2) is 52.8 Å². The monoisotopic (exact) mass is 1040 g/mol. The summed E-state index contributed by atoms with van der Waals surface area (Å²) in [5.74, 6) is -6.17. The number of amides is 7. The summed E-state index contributed by atoms with van der Waals surface area (Å²) in [4.78, 5) is 112. The van der Waals surface area contributed by atoms with E-state index < -0.39 is 96.3 Å². The maximum Gasteiger partial charge on any atom is 0.245 e. The van der Waals surface area contributed by atoms with Crippen LogP contribution in [0.5, 0.6) is 0 Å². The molecular formula is C48H83N17O9. The summed E-state index contributed by atoms with van der Waals surface area (Å²) in [6.45, 7) is 6.53. The molecule has 0 unspecified atom stereocenters. The van der Waals surface area contributed by atoms with Gasteiger partial charge in [0.15, 0.2) is 11.9 Å². The van der Waals surface area contributed by atoms with Crippen molar-refractivity contribution in [2.24, 2.45) is 56.2 Å². The Morgan fingerprint density at radius 3 is 1.58 bits per heavy atom. The number of hydrogen-bond donors (Lipinski definition) is 16. The van der Waals surface area contributed by atoms with Crippen molar-refractivity contribution in [1.82, 2.24) is 47.2 Å². The number of aliphatic hydroxyl groups is 2. The van der Waals surface area contributed by atoms with Crippen molar-refractivity contribution in [3.05, 3.63) is 54.1 Å². The minimum Gasteiger partial charge on any atom is -0.394 e. The number of nitrogens with zero attached hydrogens (tertiary/aromatic N) is 3. The zero-order valence-corrected chi connectivity index (χ0v) is 43.2. The maximum absolute atomic E-state index is 14.4. The molecule has 74 heavy (non-hydrogen) atoms. The van der Waals surface area contributed by atoms with Gasteiger partial charge in [0.25, 0.3) is 0 Å². The second-order valence-electron chi connectivity index (χ2n) is 18.6. The van der Waals surface area contributed by atoms with Gasteiger partial charge in [0.1, 0.15) is 36.3 Å². The van der Waals surface area contributed by atoms with E-state index in [1.54, 1.807) is 6.92 Å². The molecule has 0 saturated carbocycles. The number of H-pyrrole nitrogens is 1. The van der Waals surface area contributed by atoms with E-state index in [4.69, 9.17) is 34.4 Å². The van der Waals surface area contributed by atoms with Gasteiger partial charge in [-0.15, -0.1) is 0 Å². The molecule has 0 aliphatic rings. The Kier molecular flexibility index (Phi) is 29.5. The van der Waals surface area contributed by atoms with E-state index in [0.29, 0.717) is 31.4 Å². The van der Waals surface area contributed by atoms with Crippen LogP contribution in [0.3, 0.4) is 0 Å². The van der Waals surface area contributed by atoms with Gasteiger partial charge in [-0.05, 0) is 81.7 Å². The average Bonchev–Trinajstić information content (AvgIpc) is 3.88. The van der Waals surface area contributed by atoms with Crippen LogP contribution in [-0.4, -0.2) is 155 Å². The minimum atomic E-state index is -1.51. The molecule has 26 nitrogen and oxygen atoms in total. The Morgan fingerprint density at radius 2 is 1.12 bits per heavy atom. The molecule has 414 valence electrons. The van der Waals surface area contributed by atoms with Gasteiger partial charge in [-0.3, -0.25) is 43.5 Å². The van der Waals surface area contributed by atoms with E-state index in [0.717, 1.165) is 5.56 Å². The molecule has 2 aromatic rings. The summed E-state index contributed by atoms with van der Waals surface area (Å²) in [7, 11) is 0. The third kappa shape index (κ3) is 24.2. The number of aromatic amines is 1.